The van der Waals surface area contributed by atoms with E-state index in [0.717, 1.165) is 19.3 Å². The van der Waals surface area contributed by atoms with E-state index in [0.29, 0.717) is 18.9 Å². The number of hydrogen-bond donors (Lipinski definition) is 2. The third-order valence-corrected chi connectivity index (χ3v) is 5.11. The van der Waals surface area contributed by atoms with Gasteiger partial charge in [0.15, 0.2) is 0 Å². The molecule has 2 rings (SSSR count). The molecule has 2 fully saturated rings. The Hall–Kier alpha value is -0.380. The summed E-state index contributed by atoms with van der Waals surface area (Å²) in [5, 5.41) is 20.2. The number of aliphatic hydroxyl groups is 2. The molecule has 1 unspecified atom stereocenters. The second-order valence-corrected chi connectivity index (χ2v) is 6.61. The monoisotopic (exact) mass is 254 g/mol. The van der Waals surface area contributed by atoms with Crippen LogP contribution >= 0.6 is 0 Å². The Bertz CT molecular complexity index is 331. The molecule has 3 nitrogen and oxygen atoms in total. The van der Waals surface area contributed by atoms with Crippen LogP contribution in [0.5, 0.6) is 0 Å². The van der Waals surface area contributed by atoms with Crippen molar-refractivity contribution in [1.82, 2.24) is 0 Å². The molecule has 0 amide bonds. The van der Waals surface area contributed by atoms with Crippen LogP contribution in [0.2, 0.25) is 0 Å². The van der Waals surface area contributed by atoms with E-state index < -0.39 is 11.7 Å². The summed E-state index contributed by atoms with van der Waals surface area (Å²) in [5.41, 5.74) is 0.300. The van der Waals surface area contributed by atoms with Gasteiger partial charge in [-0.05, 0) is 51.4 Å². The average Bonchev–Trinajstić information content (AvgIpc) is 2.99. The normalized spacial score (nSPS) is 44.9. The minimum atomic E-state index is -0.558. The minimum Gasteiger partial charge on any atom is -0.390 e. The molecule has 1 heterocycles. The van der Waals surface area contributed by atoms with Gasteiger partial charge in [-0.1, -0.05) is 19.1 Å². The van der Waals surface area contributed by atoms with Crippen LogP contribution in [0.25, 0.3) is 0 Å². The number of rotatable bonds is 5. The van der Waals surface area contributed by atoms with Gasteiger partial charge in [0, 0.05) is 0 Å². The van der Waals surface area contributed by atoms with E-state index >= 15 is 0 Å². The van der Waals surface area contributed by atoms with E-state index in [4.69, 9.17) is 4.74 Å². The summed E-state index contributed by atoms with van der Waals surface area (Å²) in [4.78, 5) is 0. The molecule has 2 N–H and O–H groups in total. The first-order chi connectivity index (χ1) is 8.26. The second kappa shape index (κ2) is 4.62. The van der Waals surface area contributed by atoms with E-state index in [1.165, 1.54) is 5.57 Å². The topological polar surface area (TPSA) is 53.0 Å². The van der Waals surface area contributed by atoms with Crippen LogP contribution in [-0.4, -0.2) is 34.1 Å². The molecule has 1 saturated heterocycles. The van der Waals surface area contributed by atoms with Gasteiger partial charge in [-0.15, -0.1) is 0 Å². The van der Waals surface area contributed by atoms with Crippen molar-refractivity contribution in [3.05, 3.63) is 12.2 Å². The summed E-state index contributed by atoms with van der Waals surface area (Å²) in [5.74, 6) is 0.648. The van der Waals surface area contributed by atoms with Gasteiger partial charge in [0.1, 0.15) is 5.60 Å². The Kier molecular flexibility index (Phi) is 3.60. The maximum absolute atomic E-state index is 10.2. The van der Waals surface area contributed by atoms with Crippen molar-refractivity contribution in [2.75, 3.05) is 6.61 Å². The molecule has 0 spiro atoms. The van der Waals surface area contributed by atoms with Gasteiger partial charge in [0.2, 0.25) is 0 Å². The van der Waals surface area contributed by atoms with Crippen molar-refractivity contribution in [3.63, 3.8) is 0 Å². The highest BCUT2D eigenvalue weighted by Crippen LogP contribution is 2.44. The highest BCUT2D eigenvalue weighted by molar-refractivity contribution is 5.10. The summed E-state index contributed by atoms with van der Waals surface area (Å²) in [7, 11) is 0. The van der Waals surface area contributed by atoms with Crippen LogP contribution in [0.1, 0.15) is 46.5 Å². The van der Waals surface area contributed by atoms with Crippen LogP contribution in [0.3, 0.4) is 0 Å². The average molecular weight is 254 g/mol. The maximum atomic E-state index is 10.2. The second-order valence-electron chi connectivity index (χ2n) is 6.61. The zero-order valence-electron chi connectivity index (χ0n) is 11.8. The lowest BCUT2D eigenvalue weighted by Crippen LogP contribution is -2.30. The lowest BCUT2D eigenvalue weighted by molar-refractivity contribution is 0.0211. The molecule has 18 heavy (non-hydrogen) atoms. The fraction of sp³-hybridized carbons (Fsp3) is 0.867. The molecule has 1 aliphatic heterocycles. The summed E-state index contributed by atoms with van der Waals surface area (Å²) < 4.78 is 5.25. The first-order valence-corrected chi connectivity index (χ1v) is 6.98. The number of allylic oxidation sites excluding steroid dienone is 1. The Balaban J connectivity index is 1.82. The van der Waals surface area contributed by atoms with Gasteiger partial charge in [-0.2, -0.15) is 0 Å². The molecular formula is C15H26O3. The summed E-state index contributed by atoms with van der Waals surface area (Å²) >= 11 is 0. The Morgan fingerprint density at radius 1 is 1.50 bits per heavy atom. The van der Waals surface area contributed by atoms with Crippen LogP contribution < -0.4 is 0 Å². The molecule has 104 valence electrons. The van der Waals surface area contributed by atoms with Gasteiger partial charge >= 0.3 is 0 Å². The van der Waals surface area contributed by atoms with Crippen molar-refractivity contribution in [2.24, 2.45) is 11.8 Å². The number of hydrogen-bond acceptors (Lipinski definition) is 3. The van der Waals surface area contributed by atoms with Gasteiger partial charge in [0.05, 0.1) is 18.3 Å². The molecule has 1 saturated carbocycles. The molecule has 0 aromatic heterocycles. The molecule has 3 heteroatoms. The largest absolute Gasteiger partial charge is 0.390 e. The Morgan fingerprint density at radius 3 is 2.56 bits per heavy atom. The molecule has 0 bridgehead atoms. The van der Waals surface area contributed by atoms with Crippen LogP contribution in [0, 0.1) is 11.8 Å². The maximum Gasteiger partial charge on any atom is 0.115 e. The summed E-state index contributed by atoms with van der Waals surface area (Å²) in [6, 6.07) is 0. The molecular weight excluding hydrogens is 228 g/mol. The predicted octanol–water partition coefficient (Wildman–Crippen LogP) is 2.27. The number of aliphatic hydroxyl groups excluding tert-OH is 1. The van der Waals surface area contributed by atoms with Crippen molar-refractivity contribution < 1.29 is 14.9 Å². The molecule has 0 aromatic carbocycles. The summed E-state index contributed by atoms with van der Waals surface area (Å²) in [6.07, 6.45) is 3.00. The van der Waals surface area contributed by atoms with Gasteiger partial charge in [0.25, 0.3) is 0 Å². The molecule has 2 aliphatic rings. The quantitative estimate of drug-likeness (QED) is 0.584. The first-order valence-electron chi connectivity index (χ1n) is 6.98. The van der Waals surface area contributed by atoms with E-state index in [1.54, 1.807) is 0 Å². The van der Waals surface area contributed by atoms with E-state index in [-0.39, 0.29) is 11.5 Å². The fourth-order valence-corrected chi connectivity index (χ4v) is 3.04. The highest BCUT2D eigenvalue weighted by atomic mass is 16.6. The van der Waals surface area contributed by atoms with Gasteiger partial charge in [-0.25, -0.2) is 0 Å². The zero-order chi connectivity index (χ0) is 13.6. The highest BCUT2D eigenvalue weighted by Gasteiger charge is 2.46. The first kappa shape index (κ1) is 14.0. The van der Waals surface area contributed by atoms with E-state index in [1.807, 2.05) is 13.8 Å². The zero-order valence-corrected chi connectivity index (χ0v) is 11.8. The van der Waals surface area contributed by atoms with E-state index in [2.05, 4.69) is 13.5 Å². The summed E-state index contributed by atoms with van der Waals surface area (Å²) in [6.45, 7) is 10.8. The smallest absolute Gasteiger partial charge is 0.115 e. The standard InChI is InChI=1S/C15H26O3/c1-10(5-6-13(16)15(4)9-18-15)12-7-8-14(3,17)11(12)2/h11-13,16-17H,1,5-9H2,2-4H3/t11-,12-,13-,14+,15?/m1/s1. The molecule has 0 aromatic rings. The number of ether oxygens (including phenoxy) is 1. The fourth-order valence-electron chi connectivity index (χ4n) is 3.04. The third kappa shape index (κ3) is 2.63. The Labute approximate surface area is 110 Å². The number of epoxide rings is 1. The third-order valence-electron chi connectivity index (χ3n) is 5.11. The van der Waals surface area contributed by atoms with E-state index in [9.17, 15) is 10.2 Å². The lowest BCUT2D eigenvalue weighted by Gasteiger charge is -2.27. The van der Waals surface area contributed by atoms with Gasteiger partial charge in [-0.3, -0.25) is 0 Å². The SMILES string of the molecule is C=C(CC[C@@H](O)C1(C)CO1)[C@H]1CC[C@](C)(O)[C@@H]1C. The minimum absolute atomic E-state index is 0.259. The van der Waals surface area contributed by atoms with Crippen LogP contribution in [0.15, 0.2) is 12.2 Å². The molecule has 0 radical (unpaired) electrons. The van der Waals surface area contributed by atoms with Crippen molar-refractivity contribution in [3.8, 4) is 0 Å². The van der Waals surface area contributed by atoms with Crippen LogP contribution in [0.4, 0.5) is 0 Å². The molecule has 5 atom stereocenters. The predicted molar refractivity (Wildman–Crippen MR) is 71.2 cm³/mol. The molecule has 1 aliphatic carbocycles. The van der Waals surface area contributed by atoms with Crippen molar-refractivity contribution in [2.45, 2.75) is 63.8 Å². The van der Waals surface area contributed by atoms with Gasteiger partial charge < -0.3 is 14.9 Å². The van der Waals surface area contributed by atoms with Crippen molar-refractivity contribution >= 4 is 0 Å². The van der Waals surface area contributed by atoms with Crippen molar-refractivity contribution in [1.29, 1.82) is 0 Å². The van der Waals surface area contributed by atoms with Crippen LogP contribution in [-0.2, 0) is 4.74 Å². The lowest BCUT2D eigenvalue weighted by atomic mass is 9.83. The Morgan fingerprint density at radius 2 is 2.11 bits per heavy atom.